The number of carboxylic acid groups (broad SMARTS) is 1. The van der Waals surface area contributed by atoms with E-state index in [9.17, 15) is 18.0 Å². The van der Waals surface area contributed by atoms with E-state index < -0.39 is 24.5 Å². The molecule has 0 radical (unpaired) electrons. The normalized spacial score (nSPS) is 12.8. The highest BCUT2D eigenvalue weighted by atomic mass is 19.4. The van der Waals surface area contributed by atoms with E-state index in [0.29, 0.717) is 6.08 Å². The van der Waals surface area contributed by atoms with Crippen LogP contribution in [0.5, 0.6) is 0 Å². The Morgan fingerprint density at radius 3 is 2.33 bits per heavy atom. The Labute approximate surface area is 66.4 Å². The monoisotopic (exact) mass is 184 g/mol. The largest absolute Gasteiger partial charge is 0.479 e. The lowest BCUT2D eigenvalue weighted by atomic mass is 10.4. The highest BCUT2D eigenvalue weighted by Crippen LogP contribution is 2.25. The van der Waals surface area contributed by atoms with Crippen LogP contribution in [0.15, 0.2) is 11.8 Å². The fraction of sp³-hybridized carbons (Fsp3) is 0.500. The van der Waals surface area contributed by atoms with Gasteiger partial charge in [-0.25, -0.2) is 4.79 Å². The fourth-order valence-corrected chi connectivity index (χ4v) is 0.468. The lowest BCUT2D eigenvalue weighted by Gasteiger charge is -2.10. The molecular weight excluding hydrogens is 177 g/mol. The van der Waals surface area contributed by atoms with Crippen LogP contribution in [0.4, 0.5) is 13.2 Å². The van der Waals surface area contributed by atoms with Gasteiger partial charge in [-0.2, -0.15) is 13.2 Å². The standard InChI is InChI=1S/C6H7F3O3/c1-2-4(6(7,8)9)12-3-5(10)11/h2H,3H2,1H3,(H,10,11). The minimum atomic E-state index is -4.62. The molecule has 0 aliphatic carbocycles. The Morgan fingerprint density at radius 1 is 1.58 bits per heavy atom. The van der Waals surface area contributed by atoms with Crippen molar-refractivity contribution in [3.8, 4) is 0 Å². The lowest BCUT2D eigenvalue weighted by Crippen LogP contribution is -2.18. The Morgan fingerprint density at radius 2 is 2.08 bits per heavy atom. The van der Waals surface area contributed by atoms with E-state index in [1.54, 1.807) is 0 Å². The van der Waals surface area contributed by atoms with Crippen molar-refractivity contribution < 1.29 is 27.8 Å². The smallest absolute Gasteiger partial charge is 0.448 e. The summed E-state index contributed by atoms with van der Waals surface area (Å²) in [6, 6.07) is 0. The van der Waals surface area contributed by atoms with E-state index in [-0.39, 0.29) is 0 Å². The molecule has 0 atom stereocenters. The number of aliphatic carboxylic acids is 1. The number of hydrogen-bond donors (Lipinski definition) is 1. The third kappa shape index (κ3) is 3.85. The van der Waals surface area contributed by atoms with Crippen LogP contribution < -0.4 is 0 Å². The molecule has 0 heterocycles. The predicted molar refractivity (Wildman–Crippen MR) is 33.4 cm³/mol. The Hall–Kier alpha value is -1.20. The molecule has 0 aliphatic heterocycles. The first kappa shape index (κ1) is 10.8. The van der Waals surface area contributed by atoms with Crippen LogP contribution in [0.1, 0.15) is 6.92 Å². The Kier molecular flexibility index (Phi) is 3.59. The van der Waals surface area contributed by atoms with Gasteiger partial charge in [0, 0.05) is 0 Å². The van der Waals surface area contributed by atoms with Gasteiger partial charge in [0.05, 0.1) is 0 Å². The van der Waals surface area contributed by atoms with E-state index >= 15 is 0 Å². The number of carbonyl (C=O) groups is 1. The van der Waals surface area contributed by atoms with Crippen LogP contribution in [0, 0.1) is 0 Å². The summed E-state index contributed by atoms with van der Waals surface area (Å²) in [6.45, 7) is 0.129. The second kappa shape index (κ2) is 3.99. The number of allylic oxidation sites excluding steroid dienone is 2. The van der Waals surface area contributed by atoms with Crippen molar-refractivity contribution in [1.29, 1.82) is 0 Å². The third-order valence-corrected chi connectivity index (χ3v) is 0.893. The first-order valence-corrected chi connectivity index (χ1v) is 2.96. The van der Waals surface area contributed by atoms with Crippen molar-refractivity contribution in [3.05, 3.63) is 11.8 Å². The summed E-state index contributed by atoms with van der Waals surface area (Å²) in [7, 11) is 0. The molecule has 0 amide bonds. The SMILES string of the molecule is CC=C(OCC(=O)O)C(F)(F)F. The molecule has 0 aromatic carbocycles. The van der Waals surface area contributed by atoms with E-state index in [1.165, 1.54) is 0 Å². The van der Waals surface area contributed by atoms with Gasteiger partial charge in [-0.15, -0.1) is 0 Å². The average molecular weight is 184 g/mol. The van der Waals surface area contributed by atoms with Gasteiger partial charge in [0.2, 0.25) is 0 Å². The molecule has 0 saturated heterocycles. The Bertz CT molecular complexity index is 195. The quantitative estimate of drug-likeness (QED) is 0.677. The number of halogens is 3. The zero-order valence-electron chi connectivity index (χ0n) is 6.18. The zero-order valence-corrected chi connectivity index (χ0v) is 6.18. The number of alkyl halides is 3. The van der Waals surface area contributed by atoms with Crippen molar-refractivity contribution in [2.75, 3.05) is 6.61 Å². The van der Waals surface area contributed by atoms with Crippen LogP contribution in [0.2, 0.25) is 0 Å². The minimum absolute atomic E-state index is 0.670. The Balaban J connectivity index is 4.13. The molecule has 0 bridgehead atoms. The van der Waals surface area contributed by atoms with Gasteiger partial charge in [0.1, 0.15) is 0 Å². The van der Waals surface area contributed by atoms with Gasteiger partial charge in [-0.3, -0.25) is 0 Å². The summed E-state index contributed by atoms with van der Waals surface area (Å²) < 4.78 is 39.3. The third-order valence-electron chi connectivity index (χ3n) is 0.893. The van der Waals surface area contributed by atoms with E-state index in [1.807, 2.05) is 0 Å². The maximum Gasteiger partial charge on any atom is 0.448 e. The van der Waals surface area contributed by atoms with Gasteiger partial charge in [-0.05, 0) is 13.0 Å². The molecule has 3 nitrogen and oxygen atoms in total. The lowest BCUT2D eigenvalue weighted by molar-refractivity contribution is -0.151. The number of hydrogen-bond acceptors (Lipinski definition) is 2. The van der Waals surface area contributed by atoms with Gasteiger partial charge < -0.3 is 9.84 Å². The maximum absolute atomic E-state index is 11.8. The molecule has 70 valence electrons. The summed E-state index contributed by atoms with van der Waals surface area (Å²) in [4.78, 5) is 9.83. The summed E-state index contributed by atoms with van der Waals surface area (Å²) in [5.41, 5.74) is 0. The van der Waals surface area contributed by atoms with Crippen molar-refractivity contribution in [2.24, 2.45) is 0 Å². The van der Waals surface area contributed by atoms with Crippen molar-refractivity contribution in [3.63, 3.8) is 0 Å². The first-order chi connectivity index (χ1) is 5.38. The maximum atomic E-state index is 11.8. The van der Waals surface area contributed by atoms with Gasteiger partial charge in [-0.1, -0.05) is 0 Å². The second-order valence-corrected chi connectivity index (χ2v) is 1.83. The van der Waals surface area contributed by atoms with Gasteiger partial charge in [0.15, 0.2) is 12.4 Å². The topological polar surface area (TPSA) is 46.5 Å². The molecular formula is C6H7F3O3. The highest BCUT2D eigenvalue weighted by molar-refractivity contribution is 5.68. The number of ether oxygens (including phenoxy) is 1. The molecule has 0 aromatic rings. The molecule has 6 heteroatoms. The molecule has 0 aromatic heterocycles. The van der Waals surface area contributed by atoms with Crippen LogP contribution in [0.25, 0.3) is 0 Å². The van der Waals surface area contributed by atoms with Crippen LogP contribution in [0.3, 0.4) is 0 Å². The van der Waals surface area contributed by atoms with E-state index in [0.717, 1.165) is 6.92 Å². The van der Waals surface area contributed by atoms with Crippen molar-refractivity contribution in [2.45, 2.75) is 13.1 Å². The van der Waals surface area contributed by atoms with Crippen molar-refractivity contribution >= 4 is 5.97 Å². The van der Waals surface area contributed by atoms with Crippen LogP contribution >= 0.6 is 0 Å². The zero-order chi connectivity index (χ0) is 9.78. The van der Waals surface area contributed by atoms with Gasteiger partial charge in [0.25, 0.3) is 0 Å². The summed E-state index contributed by atoms with van der Waals surface area (Å²) >= 11 is 0. The van der Waals surface area contributed by atoms with Crippen LogP contribution in [-0.4, -0.2) is 23.9 Å². The molecule has 0 rings (SSSR count). The molecule has 1 N–H and O–H groups in total. The van der Waals surface area contributed by atoms with E-state index in [2.05, 4.69) is 4.74 Å². The molecule has 0 saturated carbocycles. The summed E-state index contributed by atoms with van der Waals surface area (Å²) in [5, 5.41) is 8.00. The molecule has 0 fully saturated rings. The summed E-state index contributed by atoms with van der Waals surface area (Å²) in [6.07, 6.45) is -3.95. The second-order valence-electron chi connectivity index (χ2n) is 1.83. The minimum Gasteiger partial charge on any atom is -0.479 e. The highest BCUT2D eigenvalue weighted by Gasteiger charge is 2.35. The summed E-state index contributed by atoms with van der Waals surface area (Å²) in [5.74, 6) is -2.73. The average Bonchev–Trinajstić information content (AvgIpc) is 1.85. The van der Waals surface area contributed by atoms with Crippen LogP contribution in [-0.2, 0) is 9.53 Å². The first-order valence-electron chi connectivity index (χ1n) is 2.96. The number of rotatable bonds is 3. The molecule has 0 aliphatic rings. The van der Waals surface area contributed by atoms with E-state index in [4.69, 9.17) is 5.11 Å². The molecule has 0 unspecified atom stereocenters. The van der Waals surface area contributed by atoms with Crippen molar-refractivity contribution in [1.82, 2.24) is 0 Å². The predicted octanol–water partition coefficient (Wildman–Crippen LogP) is 1.55. The number of carboxylic acids is 1. The fourth-order valence-electron chi connectivity index (χ4n) is 0.468. The van der Waals surface area contributed by atoms with Gasteiger partial charge >= 0.3 is 12.1 Å². The molecule has 0 spiro atoms. The molecule has 12 heavy (non-hydrogen) atoms.